The maximum Gasteiger partial charge on any atom is 0.296 e. The van der Waals surface area contributed by atoms with Crippen molar-refractivity contribution in [3.05, 3.63) is 54.1 Å². The first-order valence-corrected chi connectivity index (χ1v) is 10.2. The molecule has 0 amide bonds. The second-order valence-electron chi connectivity index (χ2n) is 5.82. The molecule has 1 aliphatic rings. The predicted octanol–water partition coefficient (Wildman–Crippen LogP) is 4.05. The number of rotatable bonds is 6. The van der Waals surface area contributed by atoms with Crippen molar-refractivity contribution >= 4 is 27.6 Å². The summed E-state index contributed by atoms with van der Waals surface area (Å²) in [6.07, 6.45) is 0.657. The first-order valence-electron chi connectivity index (χ1n) is 7.96. The number of hydrogen-bond donors (Lipinski definition) is 0. The van der Waals surface area contributed by atoms with Gasteiger partial charge in [0.1, 0.15) is 0 Å². The van der Waals surface area contributed by atoms with Crippen LogP contribution >= 0.6 is 11.8 Å². The van der Waals surface area contributed by atoms with Gasteiger partial charge in [0.15, 0.2) is 0 Å². The molecule has 0 saturated heterocycles. The molecule has 4 nitrogen and oxygen atoms in total. The van der Waals surface area contributed by atoms with Gasteiger partial charge in [-0.25, -0.2) is 0 Å². The molecular weight excluding hydrogens is 342 g/mol. The van der Waals surface area contributed by atoms with Crippen LogP contribution in [0.2, 0.25) is 0 Å². The molecule has 24 heavy (non-hydrogen) atoms. The topological polar surface area (TPSA) is 46.6 Å². The molecule has 0 fully saturated rings. The first-order chi connectivity index (χ1) is 11.5. The summed E-state index contributed by atoms with van der Waals surface area (Å²) < 4.78 is 29.5. The number of anilines is 1. The maximum absolute atomic E-state index is 12.2. The average Bonchev–Trinajstić information content (AvgIpc) is 2.87. The van der Waals surface area contributed by atoms with Crippen molar-refractivity contribution in [3.8, 4) is 0 Å². The Balaban J connectivity index is 1.55. The molecule has 6 heteroatoms. The molecule has 0 bridgehead atoms. The van der Waals surface area contributed by atoms with Crippen molar-refractivity contribution in [2.75, 3.05) is 18.1 Å². The van der Waals surface area contributed by atoms with Crippen LogP contribution in [-0.4, -0.2) is 26.9 Å². The van der Waals surface area contributed by atoms with Gasteiger partial charge in [0, 0.05) is 11.4 Å². The standard InChI is InChI=1S/C18H21NO3S2/c1-14-8-10-16(11-9-14)24(20,21)22-13-5-12-19-15(2)23-18-7-4-3-6-17(18)19/h3-4,6-11,15H,5,12-13H2,1-2H3. The summed E-state index contributed by atoms with van der Waals surface area (Å²) >= 11 is 1.83. The zero-order chi connectivity index (χ0) is 17.2. The summed E-state index contributed by atoms with van der Waals surface area (Å²) in [5, 5.41) is 0.358. The molecular formula is C18H21NO3S2. The highest BCUT2D eigenvalue weighted by Crippen LogP contribution is 2.42. The van der Waals surface area contributed by atoms with Crippen LogP contribution in [0.1, 0.15) is 18.9 Å². The zero-order valence-corrected chi connectivity index (χ0v) is 15.4. The summed E-state index contributed by atoms with van der Waals surface area (Å²) in [7, 11) is -3.67. The van der Waals surface area contributed by atoms with Gasteiger partial charge in [0.05, 0.1) is 22.6 Å². The van der Waals surface area contributed by atoms with Gasteiger partial charge in [0.25, 0.3) is 10.1 Å². The number of hydrogen-bond acceptors (Lipinski definition) is 5. The van der Waals surface area contributed by atoms with Gasteiger partial charge in [-0.3, -0.25) is 4.18 Å². The molecule has 0 aromatic heterocycles. The Morgan fingerprint density at radius 3 is 2.58 bits per heavy atom. The van der Waals surface area contributed by atoms with Crippen LogP contribution in [0.25, 0.3) is 0 Å². The van der Waals surface area contributed by atoms with Gasteiger partial charge in [-0.15, -0.1) is 0 Å². The lowest BCUT2D eigenvalue weighted by atomic mass is 10.2. The van der Waals surface area contributed by atoms with E-state index >= 15 is 0 Å². The SMILES string of the molecule is Cc1ccc(S(=O)(=O)OCCCN2c3ccccc3SC2C)cc1. The lowest BCUT2D eigenvalue weighted by molar-refractivity contribution is 0.313. The van der Waals surface area contributed by atoms with Crippen molar-refractivity contribution in [2.24, 2.45) is 0 Å². The third kappa shape index (κ3) is 3.77. The van der Waals surface area contributed by atoms with Crippen LogP contribution in [0.15, 0.2) is 58.3 Å². The van der Waals surface area contributed by atoms with Crippen molar-refractivity contribution in [2.45, 2.75) is 35.4 Å². The Morgan fingerprint density at radius 1 is 1.12 bits per heavy atom. The van der Waals surface area contributed by atoms with E-state index in [-0.39, 0.29) is 11.5 Å². The van der Waals surface area contributed by atoms with Crippen LogP contribution in [0, 0.1) is 6.92 Å². The third-order valence-electron chi connectivity index (χ3n) is 4.00. The minimum absolute atomic E-state index is 0.187. The summed E-state index contributed by atoms with van der Waals surface area (Å²) in [6, 6.07) is 15.0. The van der Waals surface area contributed by atoms with Crippen molar-refractivity contribution < 1.29 is 12.6 Å². The van der Waals surface area contributed by atoms with Gasteiger partial charge in [0.2, 0.25) is 0 Å². The highest BCUT2D eigenvalue weighted by atomic mass is 32.2. The quantitative estimate of drug-likeness (QED) is 0.572. The average molecular weight is 364 g/mol. The minimum Gasteiger partial charge on any atom is -0.358 e. The van der Waals surface area contributed by atoms with Crippen LogP contribution in [0.3, 0.4) is 0 Å². The van der Waals surface area contributed by atoms with Crippen LogP contribution in [-0.2, 0) is 14.3 Å². The van der Waals surface area contributed by atoms with Gasteiger partial charge in [-0.2, -0.15) is 8.42 Å². The third-order valence-corrected chi connectivity index (χ3v) is 6.52. The van der Waals surface area contributed by atoms with Gasteiger partial charge in [-0.1, -0.05) is 41.6 Å². The maximum atomic E-state index is 12.2. The van der Waals surface area contributed by atoms with Gasteiger partial charge < -0.3 is 4.90 Å². The first kappa shape index (κ1) is 17.3. The number of benzene rings is 2. The molecule has 1 atom stereocenters. The fraction of sp³-hybridized carbons (Fsp3) is 0.333. The summed E-state index contributed by atoms with van der Waals surface area (Å²) in [4.78, 5) is 3.78. The highest BCUT2D eigenvalue weighted by molar-refractivity contribution is 8.00. The van der Waals surface area contributed by atoms with Crippen molar-refractivity contribution in [1.29, 1.82) is 0 Å². The normalized spacial score (nSPS) is 17.1. The molecule has 0 spiro atoms. The molecule has 0 radical (unpaired) electrons. The Labute approximate surface area is 148 Å². The number of thioether (sulfide) groups is 1. The molecule has 3 rings (SSSR count). The van der Waals surface area contributed by atoms with E-state index in [1.807, 2.05) is 30.8 Å². The Kier molecular flexibility index (Phi) is 5.18. The monoisotopic (exact) mass is 363 g/mol. The number of aryl methyl sites for hydroxylation is 1. The second kappa shape index (κ2) is 7.17. The largest absolute Gasteiger partial charge is 0.358 e. The van der Waals surface area contributed by atoms with Crippen LogP contribution in [0.5, 0.6) is 0 Å². The Morgan fingerprint density at radius 2 is 1.83 bits per heavy atom. The molecule has 0 aliphatic carbocycles. The zero-order valence-electron chi connectivity index (χ0n) is 13.8. The van der Waals surface area contributed by atoms with Gasteiger partial charge >= 0.3 is 0 Å². The van der Waals surface area contributed by atoms with E-state index in [1.54, 1.807) is 24.3 Å². The van der Waals surface area contributed by atoms with Crippen LogP contribution < -0.4 is 4.90 Å². The number of para-hydroxylation sites is 1. The second-order valence-corrected chi connectivity index (χ2v) is 8.79. The summed E-state index contributed by atoms with van der Waals surface area (Å²) in [5.74, 6) is 0. The Hall–Kier alpha value is -1.50. The predicted molar refractivity (Wildman–Crippen MR) is 98.0 cm³/mol. The summed E-state index contributed by atoms with van der Waals surface area (Å²) in [5.41, 5.74) is 2.24. The fourth-order valence-electron chi connectivity index (χ4n) is 2.72. The van der Waals surface area contributed by atoms with E-state index in [9.17, 15) is 8.42 Å². The van der Waals surface area contributed by atoms with E-state index in [1.165, 1.54) is 10.6 Å². The molecule has 2 aromatic carbocycles. The van der Waals surface area contributed by atoms with E-state index < -0.39 is 10.1 Å². The Bertz CT molecular complexity index is 803. The minimum atomic E-state index is -3.67. The smallest absolute Gasteiger partial charge is 0.296 e. The van der Waals surface area contributed by atoms with Crippen molar-refractivity contribution in [3.63, 3.8) is 0 Å². The molecule has 0 saturated carbocycles. The lowest BCUT2D eigenvalue weighted by Gasteiger charge is -2.23. The summed E-state index contributed by atoms with van der Waals surface area (Å²) in [6.45, 7) is 5.04. The molecule has 1 heterocycles. The molecule has 128 valence electrons. The number of fused-ring (bicyclic) bond motifs is 1. The lowest BCUT2D eigenvalue weighted by Crippen LogP contribution is -2.28. The highest BCUT2D eigenvalue weighted by Gasteiger charge is 2.25. The van der Waals surface area contributed by atoms with Crippen LogP contribution in [0.4, 0.5) is 5.69 Å². The van der Waals surface area contributed by atoms with E-state index in [4.69, 9.17) is 4.18 Å². The van der Waals surface area contributed by atoms with E-state index in [2.05, 4.69) is 24.0 Å². The van der Waals surface area contributed by atoms with Gasteiger partial charge in [-0.05, 0) is 44.5 Å². The molecule has 1 aliphatic heterocycles. The van der Waals surface area contributed by atoms with E-state index in [0.29, 0.717) is 11.8 Å². The molecule has 1 unspecified atom stereocenters. The number of nitrogens with zero attached hydrogens (tertiary/aromatic N) is 1. The fourth-order valence-corrected chi connectivity index (χ4v) is 4.84. The van der Waals surface area contributed by atoms with Crippen molar-refractivity contribution in [1.82, 2.24) is 0 Å². The molecule has 2 aromatic rings. The molecule has 0 N–H and O–H groups in total. The van der Waals surface area contributed by atoms with E-state index in [0.717, 1.165) is 12.1 Å².